The minimum absolute atomic E-state index is 0.153. The molecule has 2 amide bonds. The highest BCUT2D eigenvalue weighted by Crippen LogP contribution is 2.38. The number of hydrogen-bond acceptors (Lipinski definition) is 5. The molecule has 1 aliphatic carbocycles. The monoisotopic (exact) mass is 440 g/mol. The maximum atomic E-state index is 13.5. The second-order valence-corrected chi connectivity index (χ2v) is 8.68. The highest BCUT2D eigenvalue weighted by Gasteiger charge is 2.33. The van der Waals surface area contributed by atoms with Crippen molar-refractivity contribution in [3.8, 4) is 22.5 Å². The predicted octanol–water partition coefficient (Wildman–Crippen LogP) is 3.89. The van der Waals surface area contributed by atoms with Crippen molar-refractivity contribution < 1.29 is 18.7 Å². The van der Waals surface area contributed by atoms with E-state index < -0.39 is 6.09 Å². The van der Waals surface area contributed by atoms with Crippen molar-refractivity contribution in [3.05, 3.63) is 45.9 Å². The van der Waals surface area contributed by atoms with E-state index in [0.29, 0.717) is 13.1 Å². The lowest BCUT2D eigenvalue weighted by atomic mass is 10.00. The van der Waals surface area contributed by atoms with E-state index in [-0.39, 0.29) is 17.1 Å². The second kappa shape index (κ2) is 7.81. The van der Waals surface area contributed by atoms with Crippen LogP contribution in [0.5, 0.6) is 0 Å². The Bertz CT molecular complexity index is 1170. The number of aromatic amines is 1. The van der Waals surface area contributed by atoms with E-state index in [0.717, 1.165) is 69.9 Å². The molecule has 0 saturated carbocycles. The number of nitrogens with zero attached hydrogens (tertiary/aromatic N) is 2. The van der Waals surface area contributed by atoms with E-state index >= 15 is 0 Å². The van der Waals surface area contributed by atoms with Crippen LogP contribution in [0.25, 0.3) is 22.5 Å². The van der Waals surface area contributed by atoms with Gasteiger partial charge in [0.25, 0.3) is 0 Å². The van der Waals surface area contributed by atoms with E-state index in [9.17, 15) is 14.0 Å². The zero-order valence-corrected chi connectivity index (χ0v) is 17.7. The summed E-state index contributed by atoms with van der Waals surface area (Å²) in [6, 6.07) is 7.45. The largest absolute Gasteiger partial charge is 0.442 e. The van der Waals surface area contributed by atoms with Crippen LogP contribution in [0.4, 0.5) is 14.9 Å². The van der Waals surface area contributed by atoms with Gasteiger partial charge in [-0.1, -0.05) is 6.07 Å². The first-order valence-corrected chi connectivity index (χ1v) is 11.0. The predicted molar refractivity (Wildman–Crippen MR) is 116 cm³/mol. The van der Waals surface area contributed by atoms with Gasteiger partial charge in [0.1, 0.15) is 6.10 Å². The number of cyclic esters (lactones) is 1. The fourth-order valence-corrected chi connectivity index (χ4v) is 4.87. The fraction of sp³-hybridized carbons (Fsp3) is 0.318. The Morgan fingerprint density at radius 2 is 2.26 bits per heavy atom. The summed E-state index contributed by atoms with van der Waals surface area (Å²) in [6.07, 6.45) is 1.85. The van der Waals surface area contributed by atoms with Gasteiger partial charge in [0.15, 0.2) is 5.13 Å². The number of ether oxygens (including phenoxy) is 1. The number of aryl methyl sites for hydroxylation is 1. The van der Waals surface area contributed by atoms with Gasteiger partial charge in [-0.25, -0.2) is 4.79 Å². The van der Waals surface area contributed by atoms with Crippen LogP contribution in [-0.2, 0) is 22.4 Å². The molecule has 9 heteroatoms. The van der Waals surface area contributed by atoms with Crippen LogP contribution in [0.1, 0.15) is 24.5 Å². The third kappa shape index (κ3) is 3.69. The molecule has 160 valence electrons. The first-order chi connectivity index (χ1) is 15.0. The maximum Gasteiger partial charge on any atom is 0.414 e. The van der Waals surface area contributed by atoms with E-state index in [2.05, 4.69) is 15.5 Å². The third-order valence-corrected chi connectivity index (χ3v) is 6.42. The summed E-state index contributed by atoms with van der Waals surface area (Å²) in [7, 11) is 0. The molecule has 1 fully saturated rings. The van der Waals surface area contributed by atoms with Gasteiger partial charge in [-0.15, -0.1) is 11.3 Å². The molecule has 1 aliphatic heterocycles. The molecule has 5 rings (SSSR count). The first-order valence-electron chi connectivity index (χ1n) is 10.2. The molecule has 0 radical (unpaired) electrons. The number of amides is 2. The third-order valence-electron chi connectivity index (χ3n) is 5.70. The maximum absolute atomic E-state index is 13.5. The van der Waals surface area contributed by atoms with E-state index in [1.54, 1.807) is 10.3 Å². The summed E-state index contributed by atoms with van der Waals surface area (Å²) in [4.78, 5) is 25.1. The summed E-state index contributed by atoms with van der Waals surface area (Å²) >= 11 is 1.07. The topological polar surface area (TPSA) is 87.3 Å². The van der Waals surface area contributed by atoms with Crippen molar-refractivity contribution in [1.82, 2.24) is 15.5 Å². The number of thiophene rings is 1. The van der Waals surface area contributed by atoms with E-state index in [1.165, 1.54) is 13.0 Å². The number of nitrogens with one attached hydrogen (secondary N) is 2. The minimum Gasteiger partial charge on any atom is -0.442 e. The highest BCUT2D eigenvalue weighted by atomic mass is 32.1. The van der Waals surface area contributed by atoms with Crippen molar-refractivity contribution in [3.63, 3.8) is 0 Å². The van der Waals surface area contributed by atoms with Crippen molar-refractivity contribution in [1.29, 1.82) is 0 Å². The summed E-state index contributed by atoms with van der Waals surface area (Å²) in [5, 5.41) is 11.9. The number of carbonyl (C=O) groups is 2. The van der Waals surface area contributed by atoms with Gasteiger partial charge in [0.2, 0.25) is 5.91 Å². The molecule has 2 N–H and O–H groups in total. The molecule has 3 heterocycles. The highest BCUT2D eigenvalue weighted by molar-refractivity contribution is 7.08. The Morgan fingerprint density at radius 3 is 3.03 bits per heavy atom. The number of H-pyrrole nitrogens is 1. The standard InChI is InChI=1S/C22H21FN4O3S/c1-12(28)24-9-16-10-27(22(29)30-16)15-5-6-17-13(7-15)3-2-4-18-20(25-26-21(17)18)14-8-19(23)31-11-14/h5-8,11,16H,2-4,9-10H2,1H3,(H,24,28)(H,25,26)/t16-/m0/s1. The Labute approximate surface area is 182 Å². The summed E-state index contributed by atoms with van der Waals surface area (Å²) in [5.74, 6) is -0.153. The Morgan fingerprint density at radius 1 is 1.39 bits per heavy atom. The molecule has 1 atom stereocenters. The summed E-state index contributed by atoms with van der Waals surface area (Å²) in [5.41, 5.74) is 6.60. The van der Waals surface area contributed by atoms with Crippen molar-refractivity contribution in [2.45, 2.75) is 32.3 Å². The number of carbonyl (C=O) groups excluding carboxylic acids is 2. The Hall–Kier alpha value is -3.20. The molecule has 7 nitrogen and oxygen atoms in total. The molecule has 0 spiro atoms. The fourth-order valence-electron chi connectivity index (χ4n) is 4.25. The average molecular weight is 441 g/mol. The number of hydrogen-bond donors (Lipinski definition) is 2. The molecule has 1 aromatic carbocycles. The van der Waals surface area contributed by atoms with Crippen LogP contribution in [0.2, 0.25) is 0 Å². The van der Waals surface area contributed by atoms with Crippen LogP contribution < -0.4 is 10.2 Å². The molecule has 2 aromatic heterocycles. The number of rotatable bonds is 4. The first kappa shape index (κ1) is 19.7. The van der Waals surface area contributed by atoms with Crippen LogP contribution >= 0.6 is 11.3 Å². The van der Waals surface area contributed by atoms with Crippen LogP contribution in [0.15, 0.2) is 29.6 Å². The number of fused-ring (bicyclic) bond motifs is 3. The van der Waals surface area contributed by atoms with Gasteiger partial charge >= 0.3 is 6.09 Å². The number of anilines is 1. The lowest BCUT2D eigenvalue weighted by Gasteiger charge is -2.16. The SMILES string of the molecule is CC(=O)NC[C@H]1CN(c2ccc3c(c2)CCCc2c(-c4csc(F)c4)n[nH]c2-3)C(=O)O1. The minimum atomic E-state index is -0.409. The molecular formula is C22H21FN4O3S. The number of aromatic nitrogens is 2. The Balaban J connectivity index is 1.43. The van der Waals surface area contributed by atoms with Gasteiger partial charge in [0.05, 0.1) is 24.5 Å². The van der Waals surface area contributed by atoms with Gasteiger partial charge in [-0.2, -0.15) is 9.49 Å². The summed E-state index contributed by atoms with van der Waals surface area (Å²) in [6.45, 7) is 2.12. The zero-order chi connectivity index (χ0) is 21.5. The molecule has 1 saturated heterocycles. The molecule has 3 aromatic rings. The van der Waals surface area contributed by atoms with Crippen LogP contribution in [0.3, 0.4) is 0 Å². The van der Waals surface area contributed by atoms with Gasteiger partial charge in [0, 0.05) is 34.7 Å². The molecule has 2 aliphatic rings. The van der Waals surface area contributed by atoms with E-state index in [4.69, 9.17) is 4.74 Å². The normalized spacial score (nSPS) is 17.7. The van der Waals surface area contributed by atoms with E-state index in [1.807, 2.05) is 18.2 Å². The number of benzene rings is 1. The van der Waals surface area contributed by atoms with Crippen molar-refractivity contribution >= 4 is 29.0 Å². The molecule has 0 bridgehead atoms. The summed E-state index contributed by atoms with van der Waals surface area (Å²) < 4.78 is 18.9. The van der Waals surface area contributed by atoms with Gasteiger partial charge in [-0.3, -0.25) is 14.8 Å². The quantitative estimate of drug-likeness (QED) is 0.644. The molecular weight excluding hydrogens is 419 g/mol. The number of halogens is 1. The van der Waals surface area contributed by atoms with Crippen molar-refractivity contribution in [2.24, 2.45) is 0 Å². The second-order valence-electron chi connectivity index (χ2n) is 7.81. The molecule has 31 heavy (non-hydrogen) atoms. The lowest BCUT2D eigenvalue weighted by molar-refractivity contribution is -0.119. The lowest BCUT2D eigenvalue weighted by Crippen LogP contribution is -2.33. The van der Waals surface area contributed by atoms with Crippen molar-refractivity contribution in [2.75, 3.05) is 18.0 Å². The van der Waals surface area contributed by atoms with Gasteiger partial charge in [-0.05, 0) is 43.0 Å². The van der Waals surface area contributed by atoms with Gasteiger partial charge < -0.3 is 10.1 Å². The Kier molecular flexibility index (Phi) is 4.97. The smallest absolute Gasteiger partial charge is 0.414 e. The van der Waals surface area contributed by atoms with Crippen LogP contribution in [-0.4, -0.2) is 41.4 Å². The average Bonchev–Trinajstić information content (AvgIpc) is 3.42. The zero-order valence-electron chi connectivity index (χ0n) is 16.9. The van der Waals surface area contributed by atoms with Crippen LogP contribution in [0, 0.1) is 5.13 Å². The molecule has 0 unspecified atom stereocenters.